The molecule has 1 heterocycles. The Morgan fingerprint density at radius 2 is 1.92 bits per heavy atom. The van der Waals surface area contributed by atoms with Gasteiger partial charge in [-0.05, 0) is 56.2 Å². The smallest absolute Gasteiger partial charge is 0.251 e. The van der Waals surface area contributed by atoms with Gasteiger partial charge in [0, 0.05) is 17.8 Å². The van der Waals surface area contributed by atoms with E-state index in [1.165, 1.54) is 0 Å². The maximum Gasteiger partial charge on any atom is 0.251 e. The minimum absolute atomic E-state index is 0.173. The Morgan fingerprint density at radius 3 is 2.65 bits per heavy atom. The maximum absolute atomic E-state index is 12.3. The molecule has 0 atom stereocenters. The zero-order valence-corrected chi connectivity index (χ0v) is 14.9. The number of aromatic nitrogens is 2. The molecular formula is C21H20N4O. The van der Waals surface area contributed by atoms with Crippen LogP contribution in [0, 0.1) is 25.2 Å². The predicted octanol–water partition coefficient (Wildman–Crippen LogP) is 3.33. The highest BCUT2D eigenvalue weighted by Gasteiger charge is 2.13. The number of hydrogen-bond acceptors (Lipinski definition) is 3. The molecule has 0 aliphatic rings. The van der Waals surface area contributed by atoms with Crippen molar-refractivity contribution >= 4 is 5.91 Å². The first-order valence-corrected chi connectivity index (χ1v) is 8.49. The third kappa shape index (κ3) is 3.65. The molecule has 26 heavy (non-hydrogen) atoms. The van der Waals surface area contributed by atoms with Crippen molar-refractivity contribution in [2.24, 2.45) is 0 Å². The summed E-state index contributed by atoms with van der Waals surface area (Å²) in [6.07, 6.45) is 0.703. The van der Waals surface area contributed by atoms with E-state index in [0.717, 1.165) is 22.6 Å². The lowest BCUT2D eigenvalue weighted by molar-refractivity contribution is 0.0954. The molecule has 3 aromatic rings. The number of hydrogen-bond donors (Lipinski definition) is 1. The van der Waals surface area contributed by atoms with Crippen LogP contribution in [0.3, 0.4) is 0 Å². The number of rotatable bonds is 5. The van der Waals surface area contributed by atoms with Gasteiger partial charge in [0.05, 0.1) is 23.0 Å². The van der Waals surface area contributed by atoms with Crippen molar-refractivity contribution in [3.05, 3.63) is 82.7 Å². The normalized spacial score (nSPS) is 10.3. The standard InChI is InChI=1S/C21H20N4O/c1-15-20(16(2)25(24-15)19-9-4-3-5-10-19)11-12-23-21(26)18-8-6-7-17(13-18)14-22/h3-10,13H,11-12H2,1-2H3,(H,23,26). The molecule has 2 aromatic carbocycles. The summed E-state index contributed by atoms with van der Waals surface area (Å²) in [5, 5.41) is 16.5. The van der Waals surface area contributed by atoms with Crippen LogP contribution in [-0.4, -0.2) is 22.2 Å². The van der Waals surface area contributed by atoms with E-state index in [0.29, 0.717) is 24.1 Å². The van der Waals surface area contributed by atoms with Gasteiger partial charge in [0.1, 0.15) is 0 Å². The lowest BCUT2D eigenvalue weighted by Gasteiger charge is -2.07. The molecule has 1 N–H and O–H groups in total. The molecule has 130 valence electrons. The molecule has 3 rings (SSSR count). The molecular weight excluding hydrogens is 324 g/mol. The van der Waals surface area contributed by atoms with Crippen LogP contribution in [0.1, 0.15) is 32.9 Å². The molecule has 0 bridgehead atoms. The largest absolute Gasteiger partial charge is 0.352 e. The van der Waals surface area contributed by atoms with E-state index < -0.39 is 0 Å². The van der Waals surface area contributed by atoms with Crippen LogP contribution in [0.4, 0.5) is 0 Å². The molecule has 5 heteroatoms. The van der Waals surface area contributed by atoms with Gasteiger partial charge in [0.2, 0.25) is 0 Å². The molecule has 0 aliphatic heterocycles. The minimum Gasteiger partial charge on any atom is -0.352 e. The highest BCUT2D eigenvalue weighted by Crippen LogP contribution is 2.18. The number of carbonyl (C=O) groups excluding carboxylic acids is 1. The highest BCUT2D eigenvalue weighted by atomic mass is 16.1. The number of para-hydroxylation sites is 1. The Bertz CT molecular complexity index is 967. The van der Waals surface area contributed by atoms with Crippen LogP contribution >= 0.6 is 0 Å². The van der Waals surface area contributed by atoms with Crippen molar-refractivity contribution in [1.82, 2.24) is 15.1 Å². The zero-order valence-electron chi connectivity index (χ0n) is 14.9. The molecule has 0 unspecified atom stereocenters. The molecule has 0 radical (unpaired) electrons. The van der Waals surface area contributed by atoms with Crippen LogP contribution in [-0.2, 0) is 6.42 Å². The summed E-state index contributed by atoms with van der Waals surface area (Å²) in [6.45, 7) is 4.54. The van der Waals surface area contributed by atoms with Crippen LogP contribution in [0.5, 0.6) is 0 Å². The van der Waals surface area contributed by atoms with Crippen molar-refractivity contribution in [2.45, 2.75) is 20.3 Å². The van der Waals surface area contributed by atoms with Crippen molar-refractivity contribution in [3.63, 3.8) is 0 Å². The summed E-state index contributed by atoms with van der Waals surface area (Å²) in [7, 11) is 0. The summed E-state index contributed by atoms with van der Waals surface area (Å²) in [5.74, 6) is -0.173. The molecule has 0 saturated carbocycles. The Kier molecular flexibility index (Phi) is 5.14. The molecule has 0 saturated heterocycles. The van der Waals surface area contributed by atoms with Crippen LogP contribution in [0.15, 0.2) is 54.6 Å². The number of nitrogens with zero attached hydrogens (tertiary/aromatic N) is 3. The average molecular weight is 344 g/mol. The quantitative estimate of drug-likeness (QED) is 0.772. The first-order valence-electron chi connectivity index (χ1n) is 8.49. The van der Waals surface area contributed by atoms with Gasteiger partial charge >= 0.3 is 0 Å². The van der Waals surface area contributed by atoms with Gasteiger partial charge in [0.25, 0.3) is 5.91 Å². The Balaban J connectivity index is 1.68. The topological polar surface area (TPSA) is 70.7 Å². The fraction of sp³-hybridized carbons (Fsp3) is 0.190. The van der Waals surface area contributed by atoms with Gasteiger partial charge in [-0.3, -0.25) is 4.79 Å². The van der Waals surface area contributed by atoms with E-state index in [1.807, 2.05) is 54.9 Å². The van der Waals surface area contributed by atoms with E-state index in [4.69, 9.17) is 5.26 Å². The SMILES string of the molecule is Cc1nn(-c2ccccc2)c(C)c1CCNC(=O)c1cccc(C#N)c1. The van der Waals surface area contributed by atoms with E-state index in [-0.39, 0.29) is 5.91 Å². The second-order valence-corrected chi connectivity index (χ2v) is 6.10. The van der Waals surface area contributed by atoms with Gasteiger partial charge in [-0.25, -0.2) is 4.68 Å². The summed E-state index contributed by atoms with van der Waals surface area (Å²) in [4.78, 5) is 12.3. The first kappa shape index (κ1) is 17.4. The van der Waals surface area contributed by atoms with Gasteiger partial charge in [0.15, 0.2) is 0 Å². The van der Waals surface area contributed by atoms with Crippen molar-refractivity contribution < 1.29 is 4.79 Å². The van der Waals surface area contributed by atoms with Crippen molar-refractivity contribution in [1.29, 1.82) is 5.26 Å². The zero-order chi connectivity index (χ0) is 18.5. The minimum atomic E-state index is -0.173. The molecule has 1 amide bonds. The lowest BCUT2D eigenvalue weighted by atomic mass is 10.1. The number of amides is 1. The number of carbonyl (C=O) groups is 1. The third-order valence-electron chi connectivity index (χ3n) is 4.36. The van der Waals surface area contributed by atoms with Gasteiger partial charge < -0.3 is 5.32 Å². The monoisotopic (exact) mass is 344 g/mol. The van der Waals surface area contributed by atoms with E-state index in [1.54, 1.807) is 24.3 Å². The molecule has 1 aromatic heterocycles. The highest BCUT2D eigenvalue weighted by molar-refractivity contribution is 5.94. The number of nitriles is 1. The van der Waals surface area contributed by atoms with E-state index >= 15 is 0 Å². The number of nitrogens with one attached hydrogen (secondary N) is 1. The fourth-order valence-electron chi connectivity index (χ4n) is 2.99. The molecule has 0 aliphatic carbocycles. The number of benzene rings is 2. The first-order chi connectivity index (χ1) is 12.6. The Hall–Kier alpha value is -3.39. The summed E-state index contributed by atoms with van der Waals surface area (Å²) in [5.41, 5.74) is 5.18. The van der Waals surface area contributed by atoms with E-state index in [9.17, 15) is 4.79 Å². The summed E-state index contributed by atoms with van der Waals surface area (Å²) in [6, 6.07) is 18.7. The molecule has 0 fully saturated rings. The van der Waals surface area contributed by atoms with Crippen LogP contribution in [0.25, 0.3) is 5.69 Å². The van der Waals surface area contributed by atoms with Gasteiger partial charge in [-0.2, -0.15) is 10.4 Å². The maximum atomic E-state index is 12.3. The molecule has 5 nitrogen and oxygen atoms in total. The predicted molar refractivity (Wildman–Crippen MR) is 100 cm³/mol. The van der Waals surface area contributed by atoms with Crippen molar-refractivity contribution in [2.75, 3.05) is 6.54 Å². The van der Waals surface area contributed by atoms with Crippen LogP contribution in [0.2, 0.25) is 0 Å². The van der Waals surface area contributed by atoms with Gasteiger partial charge in [-0.15, -0.1) is 0 Å². The Morgan fingerprint density at radius 1 is 1.15 bits per heavy atom. The summed E-state index contributed by atoms with van der Waals surface area (Å²) < 4.78 is 1.93. The van der Waals surface area contributed by atoms with Crippen molar-refractivity contribution in [3.8, 4) is 11.8 Å². The third-order valence-corrected chi connectivity index (χ3v) is 4.36. The average Bonchev–Trinajstić information content (AvgIpc) is 2.96. The second kappa shape index (κ2) is 7.66. The lowest BCUT2D eigenvalue weighted by Crippen LogP contribution is -2.26. The number of aryl methyl sites for hydroxylation is 1. The second-order valence-electron chi connectivity index (χ2n) is 6.10. The van der Waals surface area contributed by atoms with E-state index in [2.05, 4.69) is 10.4 Å². The Labute approximate surface area is 152 Å². The van der Waals surface area contributed by atoms with Gasteiger partial charge in [-0.1, -0.05) is 24.3 Å². The fourth-order valence-corrected chi connectivity index (χ4v) is 2.99. The molecule has 0 spiro atoms. The van der Waals surface area contributed by atoms with Crippen LogP contribution < -0.4 is 5.32 Å². The summed E-state index contributed by atoms with van der Waals surface area (Å²) >= 11 is 0.